The van der Waals surface area contributed by atoms with Gasteiger partial charge in [-0.1, -0.05) is 111 Å². The summed E-state index contributed by atoms with van der Waals surface area (Å²) in [5, 5.41) is 4.78. The summed E-state index contributed by atoms with van der Waals surface area (Å²) in [5.74, 6) is -0.240. The summed E-state index contributed by atoms with van der Waals surface area (Å²) in [7, 11) is 1.44. The summed E-state index contributed by atoms with van der Waals surface area (Å²) in [4.78, 5) is 13.9. The molecule has 2 heterocycles. The first-order valence-electron chi connectivity index (χ1n) is 18.2. The van der Waals surface area contributed by atoms with Gasteiger partial charge in [0.05, 0.1) is 27.9 Å². The molecule has 0 atom stereocenters. The number of nitrogens with zero attached hydrogens (tertiary/aromatic N) is 2. The van der Waals surface area contributed by atoms with Gasteiger partial charge in [-0.3, -0.25) is 4.55 Å². The van der Waals surface area contributed by atoms with Crippen molar-refractivity contribution >= 4 is 62.3 Å². The first-order valence-corrected chi connectivity index (χ1v) is 19.8. The predicted octanol–water partition coefficient (Wildman–Crippen LogP) is 9.25. The summed E-state index contributed by atoms with van der Waals surface area (Å²) in [5.41, 5.74) is 6.58. The molecule has 1 N–H and O–H groups in total. The number of benzene rings is 4. The Kier molecular flexibility index (Phi) is 10.9. The number of fused-ring (bicyclic) bond motifs is 6. The van der Waals surface area contributed by atoms with E-state index in [0.717, 1.165) is 36.2 Å². The van der Waals surface area contributed by atoms with E-state index in [1.165, 1.54) is 38.7 Å². The Morgan fingerprint density at radius 1 is 0.769 bits per heavy atom. The fraction of sp³-hybridized carbons (Fsp3) is 0.318. The molecule has 2 aliphatic rings. The number of anilines is 1. The number of carbonyl (C=O) groups excluding carboxylic acids is 1. The average molecular weight is 712 g/mol. The van der Waals surface area contributed by atoms with Crippen LogP contribution in [0.15, 0.2) is 121 Å². The molecule has 52 heavy (non-hydrogen) atoms. The van der Waals surface area contributed by atoms with Crippen molar-refractivity contribution in [1.82, 2.24) is 0 Å². The number of hydrogen-bond donors (Lipinski definition) is 1. The summed E-state index contributed by atoms with van der Waals surface area (Å²) in [6.07, 6.45) is 17.7. The Bertz CT molecular complexity index is 2280. The van der Waals surface area contributed by atoms with Crippen molar-refractivity contribution in [3.8, 4) is 0 Å². The summed E-state index contributed by atoms with van der Waals surface area (Å²) in [6.45, 7) is 10.5. The highest BCUT2D eigenvalue weighted by Gasteiger charge is 2.45. The zero-order chi connectivity index (χ0) is 37.1. The molecule has 0 saturated carbocycles. The van der Waals surface area contributed by atoms with Crippen LogP contribution < -0.4 is 4.90 Å². The van der Waals surface area contributed by atoms with Crippen LogP contribution in [0.5, 0.6) is 0 Å². The van der Waals surface area contributed by atoms with E-state index in [9.17, 15) is 17.8 Å². The Hall–Kier alpha value is -4.53. The van der Waals surface area contributed by atoms with Crippen LogP contribution in [0.4, 0.5) is 11.4 Å². The number of carbonyl (C=O) groups is 1. The Morgan fingerprint density at radius 3 is 2.12 bits per heavy atom. The second-order valence-electron chi connectivity index (χ2n) is 14.9. The van der Waals surface area contributed by atoms with Crippen LogP contribution in [-0.2, 0) is 25.7 Å². The van der Waals surface area contributed by atoms with Crippen molar-refractivity contribution in [2.24, 2.45) is 0 Å². The molecule has 0 saturated heterocycles. The molecule has 6 nitrogen and oxygen atoms in total. The van der Waals surface area contributed by atoms with Crippen molar-refractivity contribution < 1.29 is 22.3 Å². The lowest BCUT2D eigenvalue weighted by molar-refractivity contribution is -0.436. The van der Waals surface area contributed by atoms with Crippen LogP contribution in [0, 0.1) is 0 Å². The molecule has 4 aromatic carbocycles. The zero-order valence-electron chi connectivity index (χ0n) is 30.7. The number of unbranched alkanes of at least 4 members (excludes halogenated alkanes) is 2. The number of allylic oxidation sites excluding steroid dienone is 8. The second-order valence-corrected chi connectivity index (χ2v) is 16.5. The smallest absolute Gasteiger partial charge is 0.264 e. The largest absolute Gasteiger partial charge is 0.343 e. The monoisotopic (exact) mass is 711 g/mol. The third-order valence-electron chi connectivity index (χ3n) is 10.6. The Morgan fingerprint density at radius 2 is 1.40 bits per heavy atom. The van der Waals surface area contributed by atoms with Gasteiger partial charge < -0.3 is 9.69 Å². The van der Waals surface area contributed by atoms with E-state index in [0.29, 0.717) is 25.8 Å². The standard InChI is InChI=1S/C44H47BN2O4S/c1-43(2)36-27-25-32-18-10-12-20-34(32)41(36)46(29-15-14-24-40(45)48)38(43)22-8-6-5-7-9-23-39-44(3,4)37-28-26-33-19-11-13-21-35(33)42(37)47(39)30-16-17-31-52(49,50)51/h5-13,18-23,25-28H,14-17,24,29-31H2,1-4H3/p+1. The lowest BCUT2D eigenvalue weighted by atomic mass is 9.80. The second kappa shape index (κ2) is 15.2. The zero-order valence-corrected chi connectivity index (χ0v) is 31.5. The third kappa shape index (κ3) is 7.64. The van der Waals surface area contributed by atoms with Crippen LogP contribution in [0.1, 0.15) is 70.9 Å². The molecule has 0 aromatic heterocycles. The highest BCUT2D eigenvalue weighted by atomic mass is 32.2. The van der Waals surface area contributed by atoms with Gasteiger partial charge in [-0.25, -0.2) is 0 Å². The van der Waals surface area contributed by atoms with Crippen molar-refractivity contribution in [1.29, 1.82) is 0 Å². The van der Waals surface area contributed by atoms with Gasteiger partial charge in [-0.15, -0.1) is 0 Å². The maximum absolute atomic E-state index is 11.4. The van der Waals surface area contributed by atoms with Gasteiger partial charge in [0.2, 0.25) is 5.69 Å². The number of rotatable bonds is 14. The highest BCUT2D eigenvalue weighted by molar-refractivity contribution is 7.85. The van der Waals surface area contributed by atoms with E-state index >= 15 is 0 Å². The lowest BCUT2D eigenvalue weighted by Gasteiger charge is -2.27. The fourth-order valence-electron chi connectivity index (χ4n) is 7.96. The van der Waals surface area contributed by atoms with E-state index in [1.54, 1.807) is 0 Å². The molecule has 0 spiro atoms. The minimum Gasteiger partial charge on any atom is -0.343 e. The number of hydrogen-bond acceptors (Lipinski definition) is 4. The van der Waals surface area contributed by atoms with Gasteiger partial charge in [0.1, 0.15) is 6.54 Å². The quantitative estimate of drug-likeness (QED) is 0.0464. The van der Waals surface area contributed by atoms with E-state index in [1.807, 2.05) is 18.2 Å². The van der Waals surface area contributed by atoms with E-state index in [2.05, 4.69) is 134 Å². The summed E-state index contributed by atoms with van der Waals surface area (Å²) in [6, 6.07) is 25.7. The molecule has 266 valence electrons. The summed E-state index contributed by atoms with van der Waals surface area (Å²) >= 11 is 0. The van der Waals surface area contributed by atoms with Gasteiger partial charge in [-0.05, 0) is 68.0 Å². The molecule has 0 amide bonds. The van der Waals surface area contributed by atoms with E-state index in [-0.39, 0.29) is 22.3 Å². The normalized spacial score (nSPS) is 17.5. The van der Waals surface area contributed by atoms with Crippen LogP contribution in [0.2, 0.25) is 0 Å². The van der Waals surface area contributed by atoms with Crippen LogP contribution in [-0.4, -0.2) is 55.6 Å². The molecule has 2 aliphatic heterocycles. The predicted molar refractivity (Wildman–Crippen MR) is 217 cm³/mol. The molecule has 8 heteroatoms. The molecule has 6 rings (SSSR count). The van der Waals surface area contributed by atoms with Crippen LogP contribution in [0.25, 0.3) is 21.5 Å². The molecule has 4 aromatic rings. The van der Waals surface area contributed by atoms with Gasteiger partial charge in [0.25, 0.3) is 10.1 Å². The van der Waals surface area contributed by atoms with Crippen molar-refractivity contribution in [2.45, 2.75) is 70.6 Å². The van der Waals surface area contributed by atoms with Gasteiger partial charge in [0, 0.05) is 41.1 Å². The molecular formula is C44H48BN2O4S+. The first-order chi connectivity index (χ1) is 24.8. The Balaban J connectivity index is 1.26. The molecule has 0 fully saturated rings. The molecule has 0 bridgehead atoms. The highest BCUT2D eigenvalue weighted by Crippen LogP contribution is 2.51. The van der Waals surface area contributed by atoms with Crippen molar-refractivity contribution in [2.75, 3.05) is 23.7 Å². The Labute approximate surface area is 310 Å². The molecular weight excluding hydrogens is 663 g/mol. The van der Waals surface area contributed by atoms with Gasteiger partial charge in [-0.2, -0.15) is 13.0 Å². The first kappa shape index (κ1) is 37.2. The average Bonchev–Trinajstić information content (AvgIpc) is 3.46. The summed E-state index contributed by atoms with van der Waals surface area (Å²) < 4.78 is 34.4. The lowest BCUT2D eigenvalue weighted by Crippen LogP contribution is -2.28. The maximum atomic E-state index is 11.4. The SMILES string of the molecule is [B]C(=O)CCCCN1C(=CC=CC=CC=CC2=[N+](CCCCS(=O)(=O)O)c3c(ccc4ccccc34)C2(C)C)C(C)(C)c2ccc3ccccc3c21. The van der Waals surface area contributed by atoms with Crippen LogP contribution >= 0.6 is 0 Å². The van der Waals surface area contributed by atoms with Gasteiger partial charge in [0.15, 0.2) is 13.6 Å². The maximum Gasteiger partial charge on any atom is 0.264 e. The molecule has 0 unspecified atom stereocenters. The van der Waals surface area contributed by atoms with Crippen molar-refractivity contribution in [3.63, 3.8) is 0 Å². The van der Waals surface area contributed by atoms with Crippen LogP contribution in [0.3, 0.4) is 0 Å². The topological polar surface area (TPSA) is 77.7 Å². The molecule has 2 radical (unpaired) electrons. The fourth-order valence-corrected chi connectivity index (χ4v) is 8.53. The van der Waals surface area contributed by atoms with E-state index in [4.69, 9.17) is 7.85 Å². The van der Waals surface area contributed by atoms with Crippen molar-refractivity contribution in [3.05, 3.63) is 132 Å². The minimum atomic E-state index is -4.00. The van der Waals surface area contributed by atoms with Gasteiger partial charge >= 0.3 is 0 Å². The van der Waals surface area contributed by atoms with E-state index < -0.39 is 10.1 Å². The third-order valence-corrected chi connectivity index (χ3v) is 11.4. The minimum absolute atomic E-state index is 0.203. The molecule has 0 aliphatic carbocycles.